The zero-order valence-corrected chi connectivity index (χ0v) is 16.9. The van der Waals surface area contributed by atoms with Crippen LogP contribution in [0.1, 0.15) is 27.3 Å². The molecule has 3 aromatic rings. The molecule has 2 amide bonds. The van der Waals surface area contributed by atoms with Crippen molar-refractivity contribution in [3.63, 3.8) is 0 Å². The van der Waals surface area contributed by atoms with Gasteiger partial charge in [-0.2, -0.15) is 0 Å². The molecule has 1 aromatic heterocycles. The molecule has 3 rings (SSSR count). The Morgan fingerprint density at radius 1 is 1.11 bits per heavy atom. The van der Waals surface area contributed by atoms with Gasteiger partial charge in [0.05, 0.1) is 5.69 Å². The van der Waals surface area contributed by atoms with Gasteiger partial charge in [-0.15, -0.1) is 11.3 Å². The average Bonchev–Trinajstić information content (AvgIpc) is 3.02. The van der Waals surface area contributed by atoms with Gasteiger partial charge in [0.25, 0.3) is 5.91 Å². The molecule has 0 radical (unpaired) electrons. The van der Waals surface area contributed by atoms with E-state index in [0.29, 0.717) is 37.7 Å². The van der Waals surface area contributed by atoms with Crippen molar-refractivity contribution in [1.29, 1.82) is 0 Å². The van der Waals surface area contributed by atoms with E-state index in [-0.39, 0.29) is 18.4 Å². The van der Waals surface area contributed by atoms with Crippen LogP contribution in [0.4, 0.5) is 11.4 Å². The number of benzene rings is 2. The molecule has 144 valence electrons. The second-order valence-corrected chi connectivity index (χ2v) is 7.50. The molecular weight excluding hydrogens is 398 g/mol. The lowest BCUT2D eigenvalue weighted by molar-refractivity contribution is -0.114. The number of carbonyl (C=O) groups is 2. The van der Waals surface area contributed by atoms with Gasteiger partial charge < -0.3 is 15.4 Å². The maximum atomic E-state index is 12.6. The summed E-state index contributed by atoms with van der Waals surface area (Å²) in [6.45, 7) is 3.48. The fourth-order valence-corrected chi connectivity index (χ4v) is 3.47. The van der Waals surface area contributed by atoms with Gasteiger partial charge in [0.2, 0.25) is 5.91 Å². The van der Waals surface area contributed by atoms with Gasteiger partial charge in [-0.05, 0) is 49.4 Å². The molecule has 0 aliphatic carbocycles. The van der Waals surface area contributed by atoms with Crippen molar-refractivity contribution >= 4 is 46.1 Å². The Hall–Kier alpha value is -2.90. The van der Waals surface area contributed by atoms with E-state index in [4.69, 9.17) is 16.3 Å². The number of rotatable bonds is 6. The zero-order chi connectivity index (χ0) is 20.1. The number of hydrogen-bond donors (Lipinski definition) is 2. The van der Waals surface area contributed by atoms with Gasteiger partial charge in [-0.3, -0.25) is 9.59 Å². The van der Waals surface area contributed by atoms with Crippen LogP contribution in [-0.2, 0) is 11.4 Å². The molecule has 0 fully saturated rings. The Labute approximate surface area is 171 Å². The van der Waals surface area contributed by atoms with Crippen LogP contribution >= 0.6 is 22.9 Å². The molecular formula is C20H18ClN3O3S. The van der Waals surface area contributed by atoms with E-state index in [2.05, 4.69) is 15.6 Å². The first-order chi connectivity index (χ1) is 13.4. The summed E-state index contributed by atoms with van der Waals surface area (Å²) in [6, 6.07) is 14.0. The molecule has 8 heteroatoms. The highest BCUT2D eigenvalue weighted by atomic mass is 35.5. The standard InChI is InChI=1S/C20H18ClN3O3S/c1-12-19(20(26)24-16-5-3-4-15(10-16)23-13(2)25)28-18(22-12)11-27-17-8-6-14(21)7-9-17/h3-10H,11H2,1-2H3,(H,23,25)(H,24,26). The minimum Gasteiger partial charge on any atom is -0.486 e. The quantitative estimate of drug-likeness (QED) is 0.600. The molecule has 0 saturated heterocycles. The molecule has 2 N–H and O–H groups in total. The summed E-state index contributed by atoms with van der Waals surface area (Å²) in [5, 5.41) is 6.85. The summed E-state index contributed by atoms with van der Waals surface area (Å²) in [5.74, 6) is 0.248. The maximum Gasteiger partial charge on any atom is 0.267 e. The fourth-order valence-electron chi connectivity index (χ4n) is 2.47. The third kappa shape index (κ3) is 5.31. The van der Waals surface area contributed by atoms with Crippen LogP contribution in [0.5, 0.6) is 5.75 Å². The molecule has 0 bridgehead atoms. The van der Waals surface area contributed by atoms with Crippen LogP contribution < -0.4 is 15.4 Å². The van der Waals surface area contributed by atoms with Crippen LogP contribution in [-0.4, -0.2) is 16.8 Å². The van der Waals surface area contributed by atoms with Crippen molar-refractivity contribution in [2.45, 2.75) is 20.5 Å². The number of halogens is 1. The number of ether oxygens (including phenoxy) is 1. The number of aromatic nitrogens is 1. The Morgan fingerprint density at radius 3 is 2.46 bits per heavy atom. The van der Waals surface area contributed by atoms with Crippen molar-refractivity contribution in [1.82, 2.24) is 4.98 Å². The van der Waals surface area contributed by atoms with Crippen LogP contribution in [0.15, 0.2) is 48.5 Å². The highest BCUT2D eigenvalue weighted by Gasteiger charge is 2.16. The number of thiazole rings is 1. The molecule has 0 atom stereocenters. The highest BCUT2D eigenvalue weighted by Crippen LogP contribution is 2.23. The Balaban J connectivity index is 1.66. The maximum absolute atomic E-state index is 12.6. The molecule has 1 heterocycles. The van der Waals surface area contributed by atoms with E-state index in [1.807, 2.05) is 0 Å². The van der Waals surface area contributed by atoms with Crippen molar-refractivity contribution in [3.05, 3.63) is 69.1 Å². The van der Waals surface area contributed by atoms with Gasteiger partial charge in [-0.25, -0.2) is 4.98 Å². The third-order valence-corrected chi connectivity index (χ3v) is 5.05. The number of anilines is 2. The van der Waals surface area contributed by atoms with Gasteiger partial charge in [-0.1, -0.05) is 17.7 Å². The zero-order valence-electron chi connectivity index (χ0n) is 15.3. The van der Waals surface area contributed by atoms with E-state index in [1.54, 1.807) is 55.5 Å². The van der Waals surface area contributed by atoms with E-state index >= 15 is 0 Å². The molecule has 0 aliphatic rings. The number of nitrogens with one attached hydrogen (secondary N) is 2. The highest BCUT2D eigenvalue weighted by molar-refractivity contribution is 7.13. The summed E-state index contributed by atoms with van der Waals surface area (Å²) in [6.07, 6.45) is 0. The van der Waals surface area contributed by atoms with Crippen LogP contribution in [0.25, 0.3) is 0 Å². The number of nitrogens with zero attached hydrogens (tertiary/aromatic N) is 1. The number of carbonyl (C=O) groups excluding carboxylic acids is 2. The molecule has 6 nitrogen and oxygen atoms in total. The summed E-state index contributed by atoms with van der Waals surface area (Å²) in [7, 11) is 0. The first kappa shape index (κ1) is 19.9. The number of amides is 2. The van der Waals surface area contributed by atoms with Gasteiger partial charge in [0.1, 0.15) is 22.2 Å². The summed E-state index contributed by atoms with van der Waals surface area (Å²) in [5.41, 5.74) is 1.83. The number of hydrogen-bond acceptors (Lipinski definition) is 5. The van der Waals surface area contributed by atoms with E-state index < -0.39 is 0 Å². The van der Waals surface area contributed by atoms with Crippen LogP contribution in [0, 0.1) is 6.92 Å². The van der Waals surface area contributed by atoms with Gasteiger partial charge in [0, 0.05) is 23.3 Å². The van der Waals surface area contributed by atoms with Crippen molar-refractivity contribution in [2.24, 2.45) is 0 Å². The smallest absolute Gasteiger partial charge is 0.267 e. The summed E-state index contributed by atoms with van der Waals surface area (Å²) in [4.78, 5) is 28.7. The number of aryl methyl sites for hydroxylation is 1. The van der Waals surface area contributed by atoms with Crippen LogP contribution in [0.3, 0.4) is 0 Å². The Kier molecular flexibility index (Phi) is 6.28. The first-order valence-corrected chi connectivity index (χ1v) is 9.64. The third-order valence-electron chi connectivity index (χ3n) is 3.66. The monoisotopic (exact) mass is 415 g/mol. The summed E-state index contributed by atoms with van der Waals surface area (Å²) < 4.78 is 5.68. The lowest BCUT2D eigenvalue weighted by Crippen LogP contribution is -2.12. The van der Waals surface area contributed by atoms with Crippen molar-refractivity contribution in [3.8, 4) is 5.75 Å². The molecule has 28 heavy (non-hydrogen) atoms. The first-order valence-electron chi connectivity index (χ1n) is 8.44. The second-order valence-electron chi connectivity index (χ2n) is 5.98. The largest absolute Gasteiger partial charge is 0.486 e. The Bertz CT molecular complexity index is 1000. The molecule has 2 aromatic carbocycles. The Morgan fingerprint density at radius 2 is 1.79 bits per heavy atom. The lowest BCUT2D eigenvalue weighted by atomic mass is 10.2. The minimum absolute atomic E-state index is 0.174. The van der Waals surface area contributed by atoms with Gasteiger partial charge >= 0.3 is 0 Å². The molecule has 0 unspecified atom stereocenters. The SMILES string of the molecule is CC(=O)Nc1cccc(NC(=O)c2sc(COc3ccc(Cl)cc3)nc2C)c1. The van der Waals surface area contributed by atoms with Crippen molar-refractivity contribution < 1.29 is 14.3 Å². The van der Waals surface area contributed by atoms with Crippen molar-refractivity contribution in [2.75, 3.05) is 10.6 Å². The lowest BCUT2D eigenvalue weighted by Gasteiger charge is -2.07. The predicted octanol–water partition coefficient (Wildman–Crippen LogP) is 4.89. The molecule has 0 saturated carbocycles. The fraction of sp³-hybridized carbons (Fsp3) is 0.150. The second kappa shape index (κ2) is 8.86. The average molecular weight is 416 g/mol. The van der Waals surface area contributed by atoms with E-state index in [0.717, 1.165) is 0 Å². The topological polar surface area (TPSA) is 80.3 Å². The molecule has 0 spiro atoms. The minimum atomic E-state index is -0.257. The summed E-state index contributed by atoms with van der Waals surface area (Å²) >= 11 is 7.14. The van der Waals surface area contributed by atoms with E-state index in [1.165, 1.54) is 18.3 Å². The predicted molar refractivity (Wildman–Crippen MR) is 111 cm³/mol. The van der Waals surface area contributed by atoms with Gasteiger partial charge in [0.15, 0.2) is 0 Å². The molecule has 0 aliphatic heterocycles. The van der Waals surface area contributed by atoms with Crippen LogP contribution in [0.2, 0.25) is 5.02 Å². The van der Waals surface area contributed by atoms with E-state index in [9.17, 15) is 9.59 Å². The normalized spacial score (nSPS) is 10.4.